The molecule has 122 valence electrons. The largest absolute Gasteiger partial charge is 0.456 e. The summed E-state index contributed by atoms with van der Waals surface area (Å²) in [6, 6.07) is 5.62. The van der Waals surface area contributed by atoms with Crippen LogP contribution in [0.15, 0.2) is 34.5 Å². The Morgan fingerprint density at radius 2 is 2.09 bits per heavy atom. The highest BCUT2D eigenvalue weighted by Gasteiger charge is 2.13. The molecule has 0 saturated heterocycles. The normalized spacial score (nSPS) is 11.0. The summed E-state index contributed by atoms with van der Waals surface area (Å²) in [5, 5.41) is 4.61. The molecule has 23 heavy (non-hydrogen) atoms. The molecule has 9 heteroatoms. The quantitative estimate of drug-likeness (QED) is 0.822. The molecular weight excluding hydrogens is 340 g/mol. The third kappa shape index (κ3) is 4.86. The first kappa shape index (κ1) is 17.1. The second kappa shape index (κ2) is 6.88. The number of carbonyl (C=O) groups excluding carboxylic acids is 2. The van der Waals surface area contributed by atoms with Crippen molar-refractivity contribution in [1.82, 2.24) is 4.98 Å². The minimum absolute atomic E-state index is 0.0496. The van der Waals surface area contributed by atoms with Crippen molar-refractivity contribution < 1.29 is 22.7 Å². The van der Waals surface area contributed by atoms with E-state index in [1.54, 1.807) is 5.38 Å². The van der Waals surface area contributed by atoms with Gasteiger partial charge in [0.2, 0.25) is 5.91 Å². The Bertz CT molecular complexity index is 842. The van der Waals surface area contributed by atoms with E-state index in [2.05, 4.69) is 10.3 Å². The van der Waals surface area contributed by atoms with E-state index in [1.807, 2.05) is 0 Å². The topological polar surface area (TPSA) is 102 Å². The molecule has 2 aromatic rings. The molecule has 0 radical (unpaired) electrons. The lowest BCUT2D eigenvalue weighted by Gasteiger charge is -2.04. The van der Waals surface area contributed by atoms with Gasteiger partial charge in [-0.15, -0.1) is 11.3 Å². The van der Waals surface area contributed by atoms with Gasteiger partial charge < -0.3 is 10.1 Å². The SMILES string of the molecule is CC(=O)Nc1nc(COC(=O)c2cccc(S(C)(=O)=O)c2)cs1. The molecule has 0 fully saturated rings. The van der Waals surface area contributed by atoms with Crippen molar-refractivity contribution >= 4 is 38.2 Å². The number of benzene rings is 1. The fraction of sp³-hybridized carbons (Fsp3) is 0.214. The number of sulfone groups is 1. The highest BCUT2D eigenvalue weighted by molar-refractivity contribution is 7.90. The number of anilines is 1. The summed E-state index contributed by atoms with van der Waals surface area (Å²) in [6.45, 7) is 1.30. The number of rotatable bonds is 5. The van der Waals surface area contributed by atoms with Crippen LogP contribution >= 0.6 is 11.3 Å². The van der Waals surface area contributed by atoms with E-state index in [4.69, 9.17) is 4.74 Å². The van der Waals surface area contributed by atoms with Crippen molar-refractivity contribution in [1.29, 1.82) is 0 Å². The van der Waals surface area contributed by atoms with Crippen molar-refractivity contribution in [2.45, 2.75) is 18.4 Å². The predicted molar refractivity (Wildman–Crippen MR) is 85.1 cm³/mol. The molecule has 0 atom stereocenters. The number of aromatic nitrogens is 1. The summed E-state index contributed by atoms with van der Waals surface area (Å²) in [5.74, 6) is -0.884. The van der Waals surface area contributed by atoms with Crippen LogP contribution in [0.1, 0.15) is 23.0 Å². The van der Waals surface area contributed by atoms with E-state index >= 15 is 0 Å². The summed E-state index contributed by atoms with van der Waals surface area (Å²) in [5.41, 5.74) is 0.636. The zero-order valence-electron chi connectivity index (χ0n) is 12.4. The van der Waals surface area contributed by atoms with Crippen LogP contribution < -0.4 is 5.32 Å². The number of hydrogen-bond acceptors (Lipinski definition) is 7. The first-order valence-electron chi connectivity index (χ1n) is 6.45. The lowest BCUT2D eigenvalue weighted by molar-refractivity contribution is -0.114. The summed E-state index contributed by atoms with van der Waals surface area (Å²) in [4.78, 5) is 27.0. The summed E-state index contributed by atoms with van der Waals surface area (Å²) >= 11 is 1.22. The molecule has 2 rings (SSSR count). The molecule has 0 spiro atoms. The van der Waals surface area contributed by atoms with Crippen LogP contribution in [0, 0.1) is 0 Å². The summed E-state index contributed by atoms with van der Waals surface area (Å²) in [7, 11) is -3.39. The molecule has 0 aliphatic heterocycles. The second-order valence-electron chi connectivity index (χ2n) is 4.70. The number of thiazole rings is 1. The average molecular weight is 354 g/mol. The Morgan fingerprint density at radius 3 is 2.74 bits per heavy atom. The van der Waals surface area contributed by atoms with Crippen LogP contribution in [0.2, 0.25) is 0 Å². The first-order chi connectivity index (χ1) is 10.8. The monoisotopic (exact) mass is 354 g/mol. The zero-order valence-corrected chi connectivity index (χ0v) is 14.0. The Kier molecular flexibility index (Phi) is 5.12. The lowest BCUT2D eigenvalue weighted by Crippen LogP contribution is -2.08. The van der Waals surface area contributed by atoms with E-state index in [9.17, 15) is 18.0 Å². The number of ether oxygens (including phenoxy) is 1. The molecule has 0 aliphatic rings. The molecule has 0 bridgehead atoms. The van der Waals surface area contributed by atoms with Crippen LogP contribution in [0.5, 0.6) is 0 Å². The molecule has 1 amide bonds. The van der Waals surface area contributed by atoms with E-state index in [1.165, 1.54) is 42.5 Å². The van der Waals surface area contributed by atoms with Crippen LogP contribution in [0.4, 0.5) is 5.13 Å². The van der Waals surface area contributed by atoms with Crippen molar-refractivity contribution in [2.24, 2.45) is 0 Å². The standard InChI is InChI=1S/C14H14N2O5S2/c1-9(17)15-14-16-11(8-22-14)7-21-13(18)10-4-3-5-12(6-10)23(2,19)20/h3-6,8H,7H2,1-2H3,(H,15,16,17). The Labute approximate surface area is 137 Å². The van der Waals surface area contributed by atoms with Crippen molar-refractivity contribution in [2.75, 3.05) is 11.6 Å². The number of hydrogen-bond donors (Lipinski definition) is 1. The van der Waals surface area contributed by atoms with Gasteiger partial charge in [-0.3, -0.25) is 4.79 Å². The number of esters is 1. The molecule has 0 saturated carbocycles. The average Bonchev–Trinajstić information content (AvgIpc) is 2.90. The van der Waals surface area contributed by atoms with Gasteiger partial charge in [0.1, 0.15) is 6.61 Å². The number of amides is 1. The van der Waals surface area contributed by atoms with E-state index in [-0.39, 0.29) is 23.0 Å². The van der Waals surface area contributed by atoms with Crippen LogP contribution in [0.25, 0.3) is 0 Å². The minimum Gasteiger partial charge on any atom is -0.456 e. The number of nitrogens with one attached hydrogen (secondary N) is 1. The van der Waals surface area contributed by atoms with Gasteiger partial charge in [0.15, 0.2) is 15.0 Å². The molecule has 1 N–H and O–H groups in total. The third-order valence-electron chi connectivity index (χ3n) is 2.68. The number of nitrogens with zero attached hydrogens (tertiary/aromatic N) is 1. The maximum absolute atomic E-state index is 12.0. The molecular formula is C14H14N2O5S2. The van der Waals surface area contributed by atoms with Crippen LogP contribution in [-0.2, 0) is 26.0 Å². The number of carbonyl (C=O) groups is 2. The molecule has 7 nitrogen and oxygen atoms in total. The van der Waals surface area contributed by atoms with Gasteiger partial charge in [0.25, 0.3) is 0 Å². The van der Waals surface area contributed by atoms with Crippen LogP contribution in [-0.4, -0.2) is 31.5 Å². The lowest BCUT2D eigenvalue weighted by atomic mass is 10.2. The highest BCUT2D eigenvalue weighted by Crippen LogP contribution is 2.17. The van der Waals surface area contributed by atoms with Gasteiger partial charge >= 0.3 is 5.97 Å². The molecule has 0 unspecified atom stereocenters. The zero-order chi connectivity index (χ0) is 17.0. The Balaban J connectivity index is 2.02. The van der Waals surface area contributed by atoms with Crippen molar-refractivity contribution in [3.05, 3.63) is 40.9 Å². The molecule has 1 aromatic heterocycles. The van der Waals surface area contributed by atoms with Crippen molar-refractivity contribution in [3.8, 4) is 0 Å². The summed E-state index contributed by atoms with van der Waals surface area (Å²) in [6.07, 6.45) is 1.07. The van der Waals surface area contributed by atoms with Gasteiger partial charge in [-0.25, -0.2) is 18.2 Å². The summed E-state index contributed by atoms with van der Waals surface area (Å²) < 4.78 is 28.1. The third-order valence-corrected chi connectivity index (χ3v) is 4.60. The fourth-order valence-corrected chi connectivity index (χ4v) is 3.07. The molecule has 1 heterocycles. The van der Waals surface area contributed by atoms with E-state index in [0.717, 1.165) is 6.26 Å². The van der Waals surface area contributed by atoms with Gasteiger partial charge in [0, 0.05) is 18.6 Å². The minimum atomic E-state index is -3.39. The fourth-order valence-electron chi connectivity index (χ4n) is 1.66. The first-order valence-corrected chi connectivity index (χ1v) is 9.22. The van der Waals surface area contributed by atoms with Gasteiger partial charge in [0.05, 0.1) is 16.2 Å². The molecule has 0 aliphatic carbocycles. The van der Waals surface area contributed by atoms with Crippen LogP contribution in [0.3, 0.4) is 0 Å². The Morgan fingerprint density at radius 1 is 1.35 bits per heavy atom. The highest BCUT2D eigenvalue weighted by atomic mass is 32.2. The van der Waals surface area contributed by atoms with Gasteiger partial charge in [-0.2, -0.15) is 0 Å². The van der Waals surface area contributed by atoms with E-state index < -0.39 is 15.8 Å². The van der Waals surface area contributed by atoms with Crippen molar-refractivity contribution in [3.63, 3.8) is 0 Å². The van der Waals surface area contributed by atoms with E-state index in [0.29, 0.717) is 10.8 Å². The second-order valence-corrected chi connectivity index (χ2v) is 7.58. The Hall–Kier alpha value is -2.26. The van der Waals surface area contributed by atoms with Gasteiger partial charge in [-0.05, 0) is 18.2 Å². The predicted octanol–water partition coefficient (Wildman–Crippen LogP) is 1.86. The molecule has 1 aromatic carbocycles. The maximum Gasteiger partial charge on any atom is 0.338 e. The maximum atomic E-state index is 12.0. The smallest absolute Gasteiger partial charge is 0.338 e. The van der Waals surface area contributed by atoms with Gasteiger partial charge in [-0.1, -0.05) is 6.07 Å².